The fourth-order valence-electron chi connectivity index (χ4n) is 5.08. The van der Waals surface area contributed by atoms with Crippen LogP contribution in [0.1, 0.15) is 58.0 Å². The Morgan fingerprint density at radius 1 is 1.10 bits per heavy atom. The maximum Gasteiger partial charge on any atom is 0.422 e. The fourth-order valence-corrected chi connectivity index (χ4v) is 5.08. The molecule has 2 aromatic rings. The molecule has 3 aliphatic heterocycles. The van der Waals surface area contributed by atoms with Crippen molar-refractivity contribution in [2.75, 3.05) is 25.0 Å². The molecule has 5 amide bonds. The summed E-state index contributed by atoms with van der Waals surface area (Å²) in [5.41, 5.74) is 1.48. The highest BCUT2D eigenvalue weighted by atomic mass is 19.4. The highest BCUT2D eigenvalue weighted by molar-refractivity contribution is 6.25. The van der Waals surface area contributed by atoms with E-state index in [1.54, 1.807) is 29.2 Å². The summed E-state index contributed by atoms with van der Waals surface area (Å²) in [4.78, 5) is 64.0. The zero-order chi connectivity index (χ0) is 28.6. The lowest BCUT2D eigenvalue weighted by molar-refractivity contribution is -0.162. The molecule has 212 valence electrons. The Balaban J connectivity index is 1.19. The van der Waals surface area contributed by atoms with Crippen molar-refractivity contribution in [1.29, 1.82) is 0 Å². The predicted molar refractivity (Wildman–Crippen MR) is 130 cm³/mol. The Kier molecular flexibility index (Phi) is 7.21. The number of benzene rings is 1. The number of likely N-dealkylation sites (tertiary alicyclic amines) is 1. The number of alkyl halides is 3. The first-order chi connectivity index (χ1) is 19.0. The third kappa shape index (κ3) is 5.49. The molecule has 0 saturated carbocycles. The van der Waals surface area contributed by atoms with Gasteiger partial charge >= 0.3 is 12.3 Å². The number of amides is 5. The standard InChI is InChI=1S/C25H25F3N6O6/c26-25(27,28)13-40-24(39)32-8-6-15(7-9-32)33-12-14(11-30-33)10-29-17-3-1-2-16-20(17)23(38)34(22(16)37)18-4-5-19(35)31-21(18)36/h1-3,11-12,15,18,29H,4-10,13H2,(H,31,35,36). The van der Waals surface area contributed by atoms with Crippen molar-refractivity contribution in [3.63, 3.8) is 0 Å². The number of ether oxygens (including phenoxy) is 1. The van der Waals surface area contributed by atoms with Gasteiger partial charge in [0, 0.05) is 43.5 Å². The molecular formula is C25H25F3N6O6. The molecule has 0 aliphatic carbocycles. The minimum absolute atomic E-state index is 0.0279. The molecule has 2 N–H and O–H groups in total. The van der Waals surface area contributed by atoms with Gasteiger partial charge in [-0.25, -0.2) is 4.79 Å². The van der Waals surface area contributed by atoms with Gasteiger partial charge in [-0.05, 0) is 31.4 Å². The number of carbonyl (C=O) groups excluding carboxylic acids is 5. The van der Waals surface area contributed by atoms with Crippen LogP contribution in [-0.2, 0) is 20.9 Å². The number of nitrogens with one attached hydrogen (secondary N) is 2. The molecular weight excluding hydrogens is 537 g/mol. The molecule has 0 spiro atoms. The summed E-state index contributed by atoms with van der Waals surface area (Å²) in [5, 5.41) is 9.69. The average Bonchev–Trinajstić information content (AvgIpc) is 3.49. The number of halogens is 3. The third-order valence-corrected chi connectivity index (χ3v) is 7.06. The van der Waals surface area contributed by atoms with Crippen LogP contribution in [0.5, 0.6) is 0 Å². The van der Waals surface area contributed by atoms with Gasteiger partial charge in [0.15, 0.2) is 6.61 Å². The number of aromatic nitrogens is 2. The first-order valence-corrected chi connectivity index (χ1v) is 12.6. The maximum atomic E-state index is 13.2. The number of carbonyl (C=O) groups is 5. The van der Waals surface area contributed by atoms with E-state index in [0.29, 0.717) is 18.5 Å². The molecule has 15 heteroatoms. The molecule has 4 heterocycles. The van der Waals surface area contributed by atoms with Gasteiger partial charge in [-0.3, -0.25) is 34.1 Å². The van der Waals surface area contributed by atoms with Gasteiger partial charge in [0.2, 0.25) is 11.8 Å². The summed E-state index contributed by atoms with van der Waals surface area (Å²) in [6.07, 6.45) is -1.11. The number of anilines is 1. The number of nitrogens with zero attached hydrogens (tertiary/aromatic N) is 4. The van der Waals surface area contributed by atoms with Gasteiger partial charge in [0.25, 0.3) is 11.8 Å². The predicted octanol–water partition coefficient (Wildman–Crippen LogP) is 2.23. The van der Waals surface area contributed by atoms with Crippen molar-refractivity contribution in [2.45, 2.75) is 50.5 Å². The van der Waals surface area contributed by atoms with Crippen molar-refractivity contribution < 1.29 is 41.9 Å². The zero-order valence-corrected chi connectivity index (χ0v) is 21.1. The van der Waals surface area contributed by atoms with E-state index < -0.39 is 48.5 Å². The molecule has 12 nitrogen and oxygen atoms in total. The van der Waals surface area contributed by atoms with E-state index in [2.05, 4.69) is 20.5 Å². The lowest BCUT2D eigenvalue weighted by Gasteiger charge is -2.31. The largest absolute Gasteiger partial charge is 0.440 e. The first kappa shape index (κ1) is 27.1. The zero-order valence-electron chi connectivity index (χ0n) is 21.1. The molecule has 1 aromatic carbocycles. The molecule has 1 aromatic heterocycles. The van der Waals surface area contributed by atoms with Crippen LogP contribution < -0.4 is 10.6 Å². The van der Waals surface area contributed by atoms with Gasteiger partial charge < -0.3 is 15.0 Å². The van der Waals surface area contributed by atoms with Crippen LogP contribution in [0.2, 0.25) is 0 Å². The Bertz CT molecular complexity index is 1370. The van der Waals surface area contributed by atoms with Crippen LogP contribution in [0.15, 0.2) is 30.6 Å². The van der Waals surface area contributed by atoms with Crippen LogP contribution in [0.3, 0.4) is 0 Å². The number of hydrogen-bond acceptors (Lipinski definition) is 8. The number of fused-ring (bicyclic) bond motifs is 1. The van der Waals surface area contributed by atoms with Gasteiger partial charge in [-0.15, -0.1) is 0 Å². The van der Waals surface area contributed by atoms with Gasteiger partial charge in [0.05, 0.1) is 23.4 Å². The van der Waals surface area contributed by atoms with Crippen LogP contribution >= 0.6 is 0 Å². The van der Waals surface area contributed by atoms with Crippen LogP contribution in [0.4, 0.5) is 23.7 Å². The van der Waals surface area contributed by atoms with E-state index in [4.69, 9.17) is 0 Å². The van der Waals surface area contributed by atoms with E-state index in [1.165, 1.54) is 11.0 Å². The average molecular weight is 563 g/mol. The van der Waals surface area contributed by atoms with Crippen molar-refractivity contribution in [1.82, 2.24) is 24.9 Å². The van der Waals surface area contributed by atoms with E-state index in [1.807, 2.05) is 0 Å². The Morgan fingerprint density at radius 3 is 2.55 bits per heavy atom. The van der Waals surface area contributed by atoms with Crippen molar-refractivity contribution >= 4 is 35.4 Å². The molecule has 0 bridgehead atoms. The quantitative estimate of drug-likeness (QED) is 0.511. The second-order valence-corrected chi connectivity index (χ2v) is 9.75. The molecule has 5 rings (SSSR count). The minimum atomic E-state index is -4.58. The van der Waals surface area contributed by atoms with E-state index in [0.717, 1.165) is 10.5 Å². The van der Waals surface area contributed by atoms with Gasteiger partial charge in [-0.1, -0.05) is 6.07 Å². The molecule has 2 fully saturated rings. The second-order valence-electron chi connectivity index (χ2n) is 9.75. The smallest absolute Gasteiger partial charge is 0.422 e. The fraction of sp³-hybridized carbons (Fsp3) is 0.440. The highest BCUT2D eigenvalue weighted by Crippen LogP contribution is 2.33. The van der Waals surface area contributed by atoms with E-state index in [-0.39, 0.29) is 49.6 Å². The van der Waals surface area contributed by atoms with Crippen molar-refractivity contribution in [3.05, 3.63) is 47.3 Å². The summed E-state index contributed by atoms with van der Waals surface area (Å²) in [7, 11) is 0. The monoisotopic (exact) mass is 562 g/mol. The van der Waals surface area contributed by atoms with Gasteiger partial charge in [0.1, 0.15) is 6.04 Å². The van der Waals surface area contributed by atoms with Crippen LogP contribution in [-0.4, -0.2) is 81.2 Å². The Hall–Kier alpha value is -4.43. The van der Waals surface area contributed by atoms with Crippen molar-refractivity contribution in [2.24, 2.45) is 0 Å². The van der Waals surface area contributed by atoms with Gasteiger partial charge in [-0.2, -0.15) is 18.3 Å². The number of hydrogen-bond donors (Lipinski definition) is 2. The summed E-state index contributed by atoms with van der Waals surface area (Å²) in [6, 6.07) is 3.65. The minimum Gasteiger partial charge on any atom is -0.440 e. The Labute approximate surface area is 225 Å². The topological polar surface area (TPSA) is 143 Å². The van der Waals surface area contributed by atoms with Crippen LogP contribution in [0.25, 0.3) is 0 Å². The summed E-state index contributed by atoms with van der Waals surface area (Å²) in [5.74, 6) is -2.35. The van der Waals surface area contributed by atoms with Crippen LogP contribution in [0, 0.1) is 0 Å². The second kappa shape index (κ2) is 10.6. The molecule has 3 aliphatic rings. The summed E-state index contributed by atoms with van der Waals surface area (Å²) < 4.78 is 42.9. The molecule has 0 radical (unpaired) electrons. The molecule has 1 unspecified atom stereocenters. The molecule has 1 atom stereocenters. The summed E-state index contributed by atoms with van der Waals surface area (Å²) in [6.45, 7) is -0.908. The third-order valence-electron chi connectivity index (χ3n) is 7.06. The van der Waals surface area contributed by atoms with Crippen molar-refractivity contribution in [3.8, 4) is 0 Å². The summed E-state index contributed by atoms with van der Waals surface area (Å²) >= 11 is 0. The normalized spacial score (nSPS) is 20.0. The first-order valence-electron chi connectivity index (χ1n) is 12.6. The lowest BCUT2D eigenvalue weighted by atomic mass is 10.0. The molecule has 40 heavy (non-hydrogen) atoms. The van der Waals surface area contributed by atoms with E-state index in [9.17, 15) is 37.1 Å². The SMILES string of the molecule is O=C1CCC(N2C(=O)c3cccc(NCc4cnn(C5CCN(C(=O)OCC(F)(F)F)CC5)c4)c3C2=O)C(=O)N1. The number of imide groups is 2. The number of piperidine rings is 2. The Morgan fingerprint density at radius 2 is 1.85 bits per heavy atom. The van der Waals surface area contributed by atoms with E-state index >= 15 is 0 Å². The number of rotatable bonds is 6. The highest BCUT2D eigenvalue weighted by Gasteiger charge is 2.45. The lowest BCUT2D eigenvalue weighted by Crippen LogP contribution is -2.54. The maximum absolute atomic E-state index is 13.2. The molecule has 2 saturated heterocycles.